The minimum Gasteiger partial charge on any atom is -0.494 e. The molecule has 0 saturated carbocycles. The van der Waals surface area contributed by atoms with Crippen LogP contribution in [-0.4, -0.2) is 45.6 Å². The molecule has 1 aromatic heterocycles. The third kappa shape index (κ3) is 3.19. The van der Waals surface area contributed by atoms with Gasteiger partial charge in [0.25, 0.3) is 0 Å². The lowest BCUT2D eigenvalue weighted by Gasteiger charge is -2.17. The summed E-state index contributed by atoms with van der Waals surface area (Å²) in [5.41, 5.74) is 0.758. The molecule has 7 nitrogen and oxygen atoms in total. The first-order valence-electron chi connectivity index (χ1n) is 7.41. The van der Waals surface area contributed by atoms with Gasteiger partial charge in [-0.1, -0.05) is 0 Å². The number of anilines is 1. The fraction of sp³-hybridized carbons (Fsp3) is 0.400. The molecule has 1 aromatic carbocycles. The molecule has 0 bridgehead atoms. The van der Waals surface area contributed by atoms with Crippen LogP contribution in [0.25, 0.3) is 0 Å². The van der Waals surface area contributed by atoms with E-state index >= 15 is 0 Å². The molecule has 1 N–H and O–H groups in total. The van der Waals surface area contributed by atoms with Gasteiger partial charge in [0.1, 0.15) is 5.75 Å². The lowest BCUT2D eigenvalue weighted by Crippen LogP contribution is -2.33. The molecule has 0 radical (unpaired) electrons. The van der Waals surface area contributed by atoms with Crippen molar-refractivity contribution in [2.45, 2.75) is 19.4 Å². The van der Waals surface area contributed by atoms with Crippen LogP contribution in [0.3, 0.4) is 0 Å². The number of hydrogen-bond donors (Lipinski definition) is 1. The Hall–Kier alpha value is -2.57. The molecule has 1 unspecified atom stereocenters. The molecule has 22 heavy (non-hydrogen) atoms. The van der Waals surface area contributed by atoms with Crippen molar-refractivity contribution in [2.75, 3.05) is 25.0 Å². The predicted octanol–water partition coefficient (Wildman–Crippen LogP) is 2.16. The second kappa shape index (κ2) is 6.46. The van der Waals surface area contributed by atoms with Crippen molar-refractivity contribution in [2.24, 2.45) is 0 Å². The first kappa shape index (κ1) is 14.4. The number of nitrogens with zero attached hydrogens (tertiary/aromatic N) is 4. The minimum atomic E-state index is -0.0983. The van der Waals surface area contributed by atoms with Crippen LogP contribution >= 0.6 is 0 Å². The smallest absolute Gasteiger partial charge is 0.321 e. The number of ether oxygens (including phenoxy) is 1. The van der Waals surface area contributed by atoms with Gasteiger partial charge < -0.3 is 15.0 Å². The molecule has 2 aromatic rings. The SMILES string of the molecule is CCOc1ccc(NC(=O)N2CCC(n3nccn3)C2)cc1. The van der Waals surface area contributed by atoms with Crippen molar-refractivity contribution >= 4 is 11.7 Å². The van der Waals surface area contributed by atoms with E-state index in [4.69, 9.17) is 4.74 Å². The third-order valence-electron chi connectivity index (χ3n) is 3.63. The summed E-state index contributed by atoms with van der Waals surface area (Å²) in [7, 11) is 0. The first-order chi connectivity index (χ1) is 10.8. The van der Waals surface area contributed by atoms with E-state index in [2.05, 4.69) is 15.5 Å². The lowest BCUT2D eigenvalue weighted by atomic mass is 10.3. The largest absolute Gasteiger partial charge is 0.494 e. The van der Waals surface area contributed by atoms with Gasteiger partial charge in [0.05, 0.1) is 25.0 Å². The minimum absolute atomic E-state index is 0.0983. The summed E-state index contributed by atoms with van der Waals surface area (Å²) >= 11 is 0. The van der Waals surface area contributed by atoms with Gasteiger partial charge >= 0.3 is 6.03 Å². The lowest BCUT2D eigenvalue weighted by molar-refractivity contribution is 0.220. The van der Waals surface area contributed by atoms with Gasteiger partial charge in [-0.25, -0.2) is 4.79 Å². The summed E-state index contributed by atoms with van der Waals surface area (Å²) in [6, 6.07) is 7.43. The second-order valence-corrected chi connectivity index (χ2v) is 5.13. The number of carbonyl (C=O) groups excluding carboxylic acids is 1. The van der Waals surface area contributed by atoms with Crippen LogP contribution in [0.5, 0.6) is 5.75 Å². The fourth-order valence-electron chi connectivity index (χ4n) is 2.53. The standard InChI is InChI=1S/C15H19N5O2/c1-2-22-14-5-3-12(4-6-14)18-15(21)19-10-7-13(11-19)20-16-8-9-17-20/h3-6,8-9,13H,2,7,10-11H2,1H3,(H,18,21). The van der Waals surface area contributed by atoms with Crippen molar-refractivity contribution < 1.29 is 9.53 Å². The van der Waals surface area contributed by atoms with Gasteiger partial charge in [-0.2, -0.15) is 15.0 Å². The number of amides is 2. The average Bonchev–Trinajstić information content (AvgIpc) is 3.20. The van der Waals surface area contributed by atoms with Crippen LogP contribution in [0.15, 0.2) is 36.7 Å². The van der Waals surface area contributed by atoms with Gasteiger partial charge in [0.2, 0.25) is 0 Å². The van der Waals surface area contributed by atoms with Crippen molar-refractivity contribution in [3.63, 3.8) is 0 Å². The number of nitrogens with one attached hydrogen (secondary N) is 1. The highest BCUT2D eigenvalue weighted by Gasteiger charge is 2.28. The summed E-state index contributed by atoms with van der Waals surface area (Å²) in [6.07, 6.45) is 4.18. The molecular formula is C15H19N5O2. The van der Waals surface area contributed by atoms with E-state index in [9.17, 15) is 4.79 Å². The van der Waals surface area contributed by atoms with Gasteiger partial charge in [-0.3, -0.25) is 0 Å². The first-order valence-corrected chi connectivity index (χ1v) is 7.41. The Morgan fingerprint density at radius 2 is 2.05 bits per heavy atom. The molecule has 3 rings (SSSR count). The molecule has 1 aliphatic heterocycles. The van der Waals surface area contributed by atoms with Crippen LogP contribution in [-0.2, 0) is 0 Å². The highest BCUT2D eigenvalue weighted by Crippen LogP contribution is 2.21. The van der Waals surface area contributed by atoms with Gasteiger partial charge in [0, 0.05) is 18.8 Å². The number of carbonyl (C=O) groups is 1. The van der Waals surface area contributed by atoms with E-state index in [-0.39, 0.29) is 12.1 Å². The van der Waals surface area contributed by atoms with Gasteiger partial charge in [-0.05, 0) is 37.6 Å². The Morgan fingerprint density at radius 1 is 1.32 bits per heavy atom. The Balaban J connectivity index is 1.56. The Kier molecular flexibility index (Phi) is 4.22. The summed E-state index contributed by atoms with van der Waals surface area (Å²) in [6.45, 7) is 3.89. The topological polar surface area (TPSA) is 72.3 Å². The van der Waals surface area contributed by atoms with Gasteiger partial charge in [-0.15, -0.1) is 0 Å². The van der Waals surface area contributed by atoms with Crippen LogP contribution in [0.1, 0.15) is 19.4 Å². The Morgan fingerprint density at radius 3 is 2.73 bits per heavy atom. The average molecular weight is 301 g/mol. The number of likely N-dealkylation sites (tertiary alicyclic amines) is 1. The van der Waals surface area contributed by atoms with Crippen molar-refractivity contribution in [3.05, 3.63) is 36.7 Å². The molecule has 1 atom stereocenters. The molecule has 1 saturated heterocycles. The van der Waals surface area contributed by atoms with Crippen molar-refractivity contribution in [1.29, 1.82) is 0 Å². The number of benzene rings is 1. The normalized spacial score (nSPS) is 17.5. The second-order valence-electron chi connectivity index (χ2n) is 5.13. The number of hydrogen-bond acceptors (Lipinski definition) is 4. The molecular weight excluding hydrogens is 282 g/mol. The molecule has 2 amide bonds. The highest BCUT2D eigenvalue weighted by molar-refractivity contribution is 5.89. The number of urea groups is 1. The molecule has 116 valence electrons. The Labute approximate surface area is 128 Å². The summed E-state index contributed by atoms with van der Waals surface area (Å²) in [5, 5.41) is 11.2. The number of aromatic nitrogens is 3. The molecule has 0 spiro atoms. The van der Waals surface area contributed by atoms with E-state index < -0.39 is 0 Å². The van der Waals surface area contributed by atoms with Crippen LogP contribution in [0, 0.1) is 0 Å². The van der Waals surface area contributed by atoms with E-state index in [0.717, 1.165) is 17.9 Å². The quantitative estimate of drug-likeness (QED) is 0.939. The molecule has 7 heteroatoms. The number of rotatable bonds is 4. The van der Waals surface area contributed by atoms with Crippen molar-refractivity contribution in [1.82, 2.24) is 19.9 Å². The maximum Gasteiger partial charge on any atom is 0.321 e. The van der Waals surface area contributed by atoms with Crippen molar-refractivity contribution in [3.8, 4) is 5.75 Å². The highest BCUT2D eigenvalue weighted by atomic mass is 16.5. The van der Waals surface area contributed by atoms with E-state index in [0.29, 0.717) is 19.7 Å². The summed E-state index contributed by atoms with van der Waals surface area (Å²) in [4.78, 5) is 15.7. The van der Waals surface area contributed by atoms with Crippen LogP contribution in [0.4, 0.5) is 10.5 Å². The van der Waals surface area contributed by atoms with E-state index in [1.54, 1.807) is 22.1 Å². The zero-order chi connectivity index (χ0) is 15.4. The monoisotopic (exact) mass is 301 g/mol. The van der Waals surface area contributed by atoms with Gasteiger partial charge in [0.15, 0.2) is 0 Å². The zero-order valence-corrected chi connectivity index (χ0v) is 12.5. The predicted molar refractivity (Wildman–Crippen MR) is 81.9 cm³/mol. The molecule has 1 aliphatic rings. The zero-order valence-electron chi connectivity index (χ0n) is 12.5. The van der Waals surface area contributed by atoms with Crippen LogP contribution in [0.2, 0.25) is 0 Å². The van der Waals surface area contributed by atoms with Crippen LogP contribution < -0.4 is 10.1 Å². The maximum absolute atomic E-state index is 12.3. The molecule has 2 heterocycles. The van der Waals surface area contributed by atoms with E-state index in [1.165, 1.54) is 0 Å². The fourth-order valence-corrected chi connectivity index (χ4v) is 2.53. The third-order valence-corrected chi connectivity index (χ3v) is 3.63. The maximum atomic E-state index is 12.3. The Bertz CT molecular complexity index is 611. The summed E-state index contributed by atoms with van der Waals surface area (Å²) in [5.74, 6) is 0.798. The summed E-state index contributed by atoms with van der Waals surface area (Å²) < 4.78 is 5.38. The molecule has 0 aliphatic carbocycles. The molecule has 1 fully saturated rings. The van der Waals surface area contributed by atoms with E-state index in [1.807, 2.05) is 31.2 Å².